The van der Waals surface area contributed by atoms with Gasteiger partial charge in [-0.3, -0.25) is 9.78 Å². The topological polar surface area (TPSA) is 134 Å². The summed E-state index contributed by atoms with van der Waals surface area (Å²) < 4.78 is 50.9. The molecule has 2 amide bonds. The van der Waals surface area contributed by atoms with Gasteiger partial charge in [0.05, 0.1) is 29.7 Å². The summed E-state index contributed by atoms with van der Waals surface area (Å²) in [6.07, 6.45) is 4.00. The predicted molar refractivity (Wildman–Crippen MR) is 142 cm³/mol. The summed E-state index contributed by atoms with van der Waals surface area (Å²) in [6.45, 7) is 3.40. The van der Waals surface area contributed by atoms with Crippen molar-refractivity contribution in [1.29, 1.82) is 0 Å². The Morgan fingerprint density at radius 3 is 2.66 bits per heavy atom. The third-order valence-corrected chi connectivity index (χ3v) is 7.72. The number of amides is 2. The molecule has 1 aromatic carbocycles. The maximum Gasteiger partial charge on any atom is 0.404 e. The normalized spacial score (nSPS) is 23.7. The molecule has 4 atom stereocenters. The van der Waals surface area contributed by atoms with E-state index in [2.05, 4.69) is 20.6 Å². The molecule has 1 fully saturated rings. The van der Waals surface area contributed by atoms with Crippen molar-refractivity contribution in [3.05, 3.63) is 70.9 Å². The van der Waals surface area contributed by atoms with Crippen molar-refractivity contribution in [2.45, 2.75) is 57.1 Å². The zero-order valence-electron chi connectivity index (χ0n) is 22.4. The van der Waals surface area contributed by atoms with E-state index in [0.29, 0.717) is 18.5 Å². The Bertz CT molecular complexity index is 1520. The molecule has 0 bridgehead atoms. The van der Waals surface area contributed by atoms with E-state index >= 15 is 8.78 Å². The van der Waals surface area contributed by atoms with Gasteiger partial charge in [0.25, 0.3) is 5.91 Å². The number of anilines is 1. The number of rotatable bonds is 5. The van der Waals surface area contributed by atoms with Crippen LogP contribution in [0.4, 0.5) is 23.7 Å². The number of hydrogen-bond donors (Lipinski definition) is 4. The molecule has 2 aromatic heterocycles. The molecule has 0 saturated heterocycles. The first-order chi connectivity index (χ1) is 19.4. The Morgan fingerprint density at radius 2 is 1.90 bits per heavy atom. The summed E-state index contributed by atoms with van der Waals surface area (Å²) >= 11 is 0. The van der Waals surface area contributed by atoms with Crippen LogP contribution in [0.5, 0.6) is 5.75 Å². The van der Waals surface area contributed by atoms with Crippen molar-refractivity contribution in [2.24, 2.45) is 5.92 Å². The van der Waals surface area contributed by atoms with Crippen molar-refractivity contribution < 1.29 is 37.7 Å². The molecule has 1 aliphatic heterocycles. The lowest BCUT2D eigenvalue weighted by Crippen LogP contribution is -2.39. The maximum atomic E-state index is 15.5. The van der Waals surface area contributed by atoms with E-state index in [4.69, 9.17) is 4.74 Å². The van der Waals surface area contributed by atoms with Crippen LogP contribution in [0.15, 0.2) is 36.7 Å². The van der Waals surface area contributed by atoms with Crippen LogP contribution in [-0.2, 0) is 5.60 Å². The molecule has 2 aliphatic rings. The van der Waals surface area contributed by atoms with Gasteiger partial charge in [0.2, 0.25) is 0 Å². The van der Waals surface area contributed by atoms with Crippen LogP contribution in [0, 0.1) is 23.4 Å². The van der Waals surface area contributed by atoms with Crippen LogP contribution >= 0.6 is 0 Å². The number of aromatic nitrogens is 2. The molecule has 0 spiro atoms. The van der Waals surface area contributed by atoms with Gasteiger partial charge in [-0.15, -0.1) is 0 Å². The minimum atomic E-state index is -1.54. The van der Waals surface area contributed by atoms with Crippen LogP contribution in [0.2, 0.25) is 0 Å². The highest BCUT2D eigenvalue weighted by Crippen LogP contribution is 2.43. The summed E-state index contributed by atoms with van der Waals surface area (Å²) in [5, 5.41) is 25.0. The second kappa shape index (κ2) is 11.0. The molecule has 5 rings (SSSR count). The lowest BCUT2D eigenvalue weighted by atomic mass is 9.76. The minimum Gasteiger partial charge on any atom is -0.490 e. The summed E-state index contributed by atoms with van der Waals surface area (Å²) in [7, 11) is 0. The van der Waals surface area contributed by atoms with E-state index in [9.17, 15) is 24.2 Å². The number of fused-ring (bicyclic) bond motifs is 1. The first kappa shape index (κ1) is 28.3. The number of nitrogens with one attached hydrogen (secondary N) is 2. The van der Waals surface area contributed by atoms with E-state index in [1.54, 1.807) is 12.3 Å². The van der Waals surface area contributed by atoms with Gasteiger partial charge in [0, 0.05) is 24.2 Å². The highest BCUT2D eigenvalue weighted by atomic mass is 19.1. The molecule has 216 valence electrons. The number of aliphatic hydroxyl groups is 1. The number of halogens is 3. The second-order valence-corrected chi connectivity index (χ2v) is 10.9. The van der Waals surface area contributed by atoms with Crippen molar-refractivity contribution in [2.75, 3.05) is 11.9 Å². The van der Waals surface area contributed by atoms with Crippen LogP contribution in [0.1, 0.15) is 67.1 Å². The maximum absolute atomic E-state index is 15.5. The third kappa shape index (κ3) is 5.69. The Hall–Kier alpha value is -4.19. The monoisotopic (exact) mass is 570 g/mol. The van der Waals surface area contributed by atoms with Crippen molar-refractivity contribution in [1.82, 2.24) is 15.3 Å². The zero-order valence-corrected chi connectivity index (χ0v) is 22.4. The van der Waals surface area contributed by atoms with E-state index in [1.165, 1.54) is 13.1 Å². The SMILES string of the molecule is C[C@@H]1CC(NC(=O)O)C[C@H](c2ccncc2NC(=O)c2ccc(F)c(-c3c(F)cc4c(c3F)OCCC4(C)O)n2)C1. The Kier molecular flexibility index (Phi) is 7.60. The van der Waals surface area contributed by atoms with Gasteiger partial charge in [-0.25, -0.2) is 22.9 Å². The summed E-state index contributed by atoms with van der Waals surface area (Å²) in [5.41, 5.74) is -2.37. The molecule has 1 saturated carbocycles. The van der Waals surface area contributed by atoms with Gasteiger partial charge in [-0.2, -0.15) is 0 Å². The number of carbonyl (C=O) groups is 2. The largest absolute Gasteiger partial charge is 0.490 e. The van der Waals surface area contributed by atoms with Gasteiger partial charge < -0.3 is 25.6 Å². The molecule has 3 aromatic rings. The average molecular weight is 571 g/mol. The third-order valence-electron chi connectivity index (χ3n) is 7.72. The molecular formula is C29H29F3N4O5. The number of ether oxygens (including phenoxy) is 1. The standard InChI is InChI=1S/C29H29F3N4O5/c1-14-9-15(11-16(10-14)34-28(38)39)17-5-7-33-13-22(17)36-27(37)21-4-3-19(30)25(35-21)23-20(31)12-18-26(24(23)32)41-8-6-29(18,2)40/h3-5,7,12-16,34,40H,6,8-11H2,1-2H3,(H,36,37)(H,38,39)/t14-,15+,16?,29?/m0/s1. The van der Waals surface area contributed by atoms with Gasteiger partial charge in [0.15, 0.2) is 11.6 Å². The summed E-state index contributed by atoms with van der Waals surface area (Å²) in [6, 6.07) is 4.36. The fourth-order valence-corrected chi connectivity index (χ4v) is 5.79. The van der Waals surface area contributed by atoms with E-state index in [-0.39, 0.29) is 42.2 Å². The minimum absolute atomic E-state index is 0.0271. The van der Waals surface area contributed by atoms with E-state index in [0.717, 1.165) is 30.2 Å². The fourth-order valence-electron chi connectivity index (χ4n) is 5.79. The molecule has 0 radical (unpaired) electrons. The Labute approximate surface area is 233 Å². The zero-order chi connectivity index (χ0) is 29.5. The van der Waals surface area contributed by atoms with Crippen LogP contribution in [0.25, 0.3) is 11.3 Å². The molecular weight excluding hydrogens is 541 g/mol. The van der Waals surface area contributed by atoms with Gasteiger partial charge >= 0.3 is 6.09 Å². The Morgan fingerprint density at radius 1 is 1.12 bits per heavy atom. The first-order valence-corrected chi connectivity index (χ1v) is 13.2. The first-order valence-electron chi connectivity index (χ1n) is 13.2. The molecule has 1 aliphatic carbocycles. The summed E-state index contributed by atoms with van der Waals surface area (Å²) in [5.74, 6) is -4.47. The van der Waals surface area contributed by atoms with E-state index in [1.807, 2.05) is 6.92 Å². The average Bonchev–Trinajstić information content (AvgIpc) is 2.90. The number of carbonyl (C=O) groups excluding carboxylic acids is 1. The lowest BCUT2D eigenvalue weighted by Gasteiger charge is -2.34. The number of hydrogen-bond acceptors (Lipinski definition) is 6. The molecule has 9 nitrogen and oxygen atoms in total. The van der Waals surface area contributed by atoms with E-state index < -0.39 is 52.1 Å². The smallest absolute Gasteiger partial charge is 0.404 e. The fraction of sp³-hybridized carbons (Fsp3) is 0.379. The molecule has 3 heterocycles. The molecule has 12 heteroatoms. The van der Waals surface area contributed by atoms with Crippen LogP contribution < -0.4 is 15.4 Å². The van der Waals surface area contributed by atoms with Gasteiger partial charge in [0.1, 0.15) is 23.0 Å². The quantitative estimate of drug-likeness (QED) is 0.325. The molecule has 4 N–H and O–H groups in total. The number of benzene rings is 1. The lowest BCUT2D eigenvalue weighted by molar-refractivity contribution is 0.0126. The van der Waals surface area contributed by atoms with Crippen molar-refractivity contribution in [3.63, 3.8) is 0 Å². The highest BCUT2D eigenvalue weighted by molar-refractivity contribution is 6.03. The Balaban J connectivity index is 1.45. The van der Waals surface area contributed by atoms with Gasteiger partial charge in [-0.1, -0.05) is 6.92 Å². The summed E-state index contributed by atoms with van der Waals surface area (Å²) in [4.78, 5) is 32.5. The van der Waals surface area contributed by atoms with Crippen molar-refractivity contribution in [3.8, 4) is 17.0 Å². The second-order valence-electron chi connectivity index (χ2n) is 10.9. The molecule has 41 heavy (non-hydrogen) atoms. The van der Waals surface area contributed by atoms with Crippen molar-refractivity contribution >= 4 is 17.7 Å². The van der Waals surface area contributed by atoms with Gasteiger partial charge in [-0.05, 0) is 67.9 Å². The number of pyridine rings is 2. The number of nitrogens with zero attached hydrogens (tertiary/aromatic N) is 2. The highest BCUT2D eigenvalue weighted by Gasteiger charge is 2.36. The van der Waals surface area contributed by atoms with Crippen LogP contribution in [0.3, 0.4) is 0 Å². The molecule has 2 unspecified atom stereocenters. The van der Waals surface area contributed by atoms with Crippen LogP contribution in [-0.4, -0.2) is 44.8 Å². The predicted octanol–water partition coefficient (Wildman–Crippen LogP) is 5.34. The number of carboxylic acid groups (broad SMARTS) is 1.